The molecule has 0 aromatic rings. The molecule has 0 amide bonds. The zero-order valence-electron chi connectivity index (χ0n) is 10.1. The Morgan fingerprint density at radius 3 is 2.80 bits per heavy atom. The van der Waals surface area contributed by atoms with E-state index in [1.54, 1.807) is 0 Å². The summed E-state index contributed by atoms with van der Waals surface area (Å²) < 4.78 is 10.7. The number of carbonyl (C=O) groups is 1. The molecule has 1 rings (SSSR count). The van der Waals surface area contributed by atoms with Gasteiger partial charge in [0.2, 0.25) is 0 Å². The van der Waals surface area contributed by atoms with E-state index in [2.05, 4.69) is 4.90 Å². The molecule has 1 fully saturated rings. The molecule has 0 aromatic carbocycles. The van der Waals surface area contributed by atoms with Crippen molar-refractivity contribution in [3.05, 3.63) is 0 Å². The molecule has 1 saturated heterocycles. The number of hydrogen-bond donors (Lipinski definition) is 0. The fourth-order valence-electron chi connectivity index (χ4n) is 2.10. The molecule has 1 aliphatic heterocycles. The summed E-state index contributed by atoms with van der Waals surface area (Å²) in [5.74, 6) is -0.151. The van der Waals surface area contributed by atoms with Gasteiger partial charge in [-0.1, -0.05) is 0 Å². The van der Waals surface area contributed by atoms with E-state index in [1.807, 2.05) is 27.7 Å². The lowest BCUT2D eigenvalue weighted by Crippen LogP contribution is -2.53. The molecule has 1 atom stereocenters. The second kappa shape index (κ2) is 4.94. The van der Waals surface area contributed by atoms with Crippen molar-refractivity contribution < 1.29 is 14.3 Å². The minimum Gasteiger partial charge on any atom is -0.465 e. The average Bonchev–Trinajstić information content (AvgIpc) is 1.99. The Balaban J connectivity index is 2.45. The highest BCUT2D eigenvalue weighted by Crippen LogP contribution is 2.20. The van der Waals surface area contributed by atoms with Crippen molar-refractivity contribution in [2.24, 2.45) is 0 Å². The molecule has 0 bridgehead atoms. The van der Waals surface area contributed by atoms with Crippen molar-refractivity contribution in [3.63, 3.8) is 0 Å². The van der Waals surface area contributed by atoms with Gasteiger partial charge in [0.1, 0.15) is 0 Å². The van der Waals surface area contributed by atoms with Gasteiger partial charge >= 0.3 is 5.97 Å². The highest BCUT2D eigenvalue weighted by Gasteiger charge is 2.32. The molecule has 0 aromatic heterocycles. The summed E-state index contributed by atoms with van der Waals surface area (Å²) in [6.45, 7) is 10.3. The summed E-state index contributed by atoms with van der Waals surface area (Å²) in [4.78, 5) is 13.4. The van der Waals surface area contributed by atoms with Crippen LogP contribution in [0, 0.1) is 0 Å². The predicted molar refractivity (Wildman–Crippen MR) is 57.7 cm³/mol. The van der Waals surface area contributed by atoms with E-state index in [4.69, 9.17) is 9.47 Å². The molecule has 88 valence electrons. The normalized spacial score (nSPS) is 26.3. The number of ether oxygens (including phenoxy) is 2. The highest BCUT2D eigenvalue weighted by atomic mass is 16.5. The van der Waals surface area contributed by atoms with Crippen LogP contribution in [0.3, 0.4) is 0 Å². The third kappa shape index (κ3) is 4.18. The molecular formula is C11H21NO3. The molecule has 15 heavy (non-hydrogen) atoms. The van der Waals surface area contributed by atoms with Gasteiger partial charge in [0.15, 0.2) is 0 Å². The fraction of sp³-hybridized carbons (Fsp3) is 0.909. The fourth-order valence-corrected chi connectivity index (χ4v) is 2.10. The summed E-state index contributed by atoms with van der Waals surface area (Å²) in [7, 11) is 0. The maximum absolute atomic E-state index is 11.3. The predicted octanol–water partition coefficient (Wildman–Crippen LogP) is 1.05. The number of esters is 1. The number of hydrogen-bond acceptors (Lipinski definition) is 4. The Hall–Kier alpha value is -0.610. The topological polar surface area (TPSA) is 38.8 Å². The molecule has 0 spiro atoms. The maximum Gasteiger partial charge on any atom is 0.320 e. The van der Waals surface area contributed by atoms with E-state index < -0.39 is 0 Å². The van der Waals surface area contributed by atoms with Crippen LogP contribution in [0.25, 0.3) is 0 Å². The molecular weight excluding hydrogens is 194 g/mol. The van der Waals surface area contributed by atoms with E-state index in [0.717, 1.165) is 13.1 Å². The lowest BCUT2D eigenvalue weighted by Gasteiger charge is -2.41. The van der Waals surface area contributed by atoms with Crippen molar-refractivity contribution in [1.82, 2.24) is 4.90 Å². The van der Waals surface area contributed by atoms with Crippen LogP contribution in [0.1, 0.15) is 27.7 Å². The number of rotatable bonds is 3. The van der Waals surface area contributed by atoms with Crippen LogP contribution in [-0.2, 0) is 14.3 Å². The molecule has 1 aliphatic rings. The molecule has 0 aliphatic carbocycles. The van der Waals surface area contributed by atoms with Gasteiger partial charge in [-0.2, -0.15) is 0 Å². The Morgan fingerprint density at radius 1 is 1.60 bits per heavy atom. The smallest absolute Gasteiger partial charge is 0.320 e. The van der Waals surface area contributed by atoms with Crippen LogP contribution in [-0.4, -0.2) is 48.8 Å². The van der Waals surface area contributed by atoms with Gasteiger partial charge in [-0.15, -0.1) is 0 Å². The van der Waals surface area contributed by atoms with Crippen LogP contribution >= 0.6 is 0 Å². The first kappa shape index (κ1) is 12.5. The molecule has 0 N–H and O–H groups in total. The first-order valence-electron chi connectivity index (χ1n) is 5.49. The van der Waals surface area contributed by atoms with Gasteiger partial charge in [-0.3, -0.25) is 9.69 Å². The molecule has 4 nitrogen and oxygen atoms in total. The van der Waals surface area contributed by atoms with E-state index in [1.165, 1.54) is 0 Å². The van der Waals surface area contributed by atoms with Gasteiger partial charge < -0.3 is 9.47 Å². The molecule has 0 saturated carbocycles. The Bertz CT molecular complexity index is 228. The van der Waals surface area contributed by atoms with Crippen molar-refractivity contribution in [1.29, 1.82) is 0 Å². The van der Waals surface area contributed by atoms with Crippen molar-refractivity contribution in [2.75, 3.05) is 26.2 Å². The van der Waals surface area contributed by atoms with Gasteiger partial charge in [0, 0.05) is 13.1 Å². The quantitative estimate of drug-likeness (QED) is 0.660. The maximum atomic E-state index is 11.3. The second-order valence-electron chi connectivity index (χ2n) is 4.66. The third-order valence-corrected chi connectivity index (χ3v) is 2.30. The average molecular weight is 215 g/mol. The zero-order chi connectivity index (χ0) is 11.5. The first-order chi connectivity index (χ1) is 6.93. The van der Waals surface area contributed by atoms with Crippen LogP contribution < -0.4 is 0 Å². The van der Waals surface area contributed by atoms with Gasteiger partial charge in [0.25, 0.3) is 0 Å². The van der Waals surface area contributed by atoms with Crippen molar-refractivity contribution >= 4 is 5.97 Å². The van der Waals surface area contributed by atoms with E-state index in [-0.39, 0.29) is 17.7 Å². The van der Waals surface area contributed by atoms with Crippen LogP contribution in [0.5, 0.6) is 0 Å². The van der Waals surface area contributed by atoms with Crippen LogP contribution in [0.15, 0.2) is 0 Å². The Labute approximate surface area is 91.5 Å². The van der Waals surface area contributed by atoms with Crippen molar-refractivity contribution in [2.45, 2.75) is 39.4 Å². The van der Waals surface area contributed by atoms with E-state index in [0.29, 0.717) is 13.2 Å². The Morgan fingerprint density at radius 2 is 2.27 bits per heavy atom. The monoisotopic (exact) mass is 215 g/mol. The second-order valence-corrected chi connectivity index (χ2v) is 4.66. The molecule has 1 unspecified atom stereocenters. The lowest BCUT2D eigenvalue weighted by molar-refractivity contribution is -0.154. The summed E-state index contributed by atoms with van der Waals surface area (Å²) in [5, 5.41) is 0. The van der Waals surface area contributed by atoms with E-state index in [9.17, 15) is 4.79 Å². The summed E-state index contributed by atoms with van der Waals surface area (Å²) in [5.41, 5.74) is -0.176. The lowest BCUT2D eigenvalue weighted by atomic mass is 10.1. The van der Waals surface area contributed by atoms with Crippen molar-refractivity contribution in [3.8, 4) is 0 Å². The largest absolute Gasteiger partial charge is 0.465 e. The van der Waals surface area contributed by atoms with E-state index >= 15 is 0 Å². The Kier molecular flexibility index (Phi) is 4.11. The summed E-state index contributed by atoms with van der Waals surface area (Å²) >= 11 is 0. The third-order valence-electron chi connectivity index (χ3n) is 2.30. The van der Waals surface area contributed by atoms with Gasteiger partial charge in [-0.05, 0) is 27.7 Å². The van der Waals surface area contributed by atoms with Gasteiger partial charge in [-0.25, -0.2) is 0 Å². The number of nitrogens with zero attached hydrogens (tertiary/aromatic N) is 1. The van der Waals surface area contributed by atoms with Crippen LogP contribution in [0.2, 0.25) is 0 Å². The minimum absolute atomic E-state index is 0.151. The standard InChI is InChI=1S/C11H21NO3/c1-5-14-10(13)7-12-6-9(2)15-11(3,4)8-12/h9H,5-8H2,1-4H3. The van der Waals surface area contributed by atoms with Gasteiger partial charge in [0.05, 0.1) is 24.9 Å². The summed E-state index contributed by atoms with van der Waals surface area (Å²) in [6, 6.07) is 0. The summed E-state index contributed by atoms with van der Waals surface area (Å²) in [6.07, 6.45) is 0.170. The SMILES string of the molecule is CCOC(=O)CN1CC(C)OC(C)(C)C1. The number of morpholine rings is 1. The first-order valence-corrected chi connectivity index (χ1v) is 5.49. The minimum atomic E-state index is -0.176. The highest BCUT2D eigenvalue weighted by molar-refractivity contribution is 5.71. The molecule has 1 heterocycles. The van der Waals surface area contributed by atoms with Crippen LogP contribution in [0.4, 0.5) is 0 Å². The molecule has 4 heteroatoms. The number of carbonyl (C=O) groups excluding carboxylic acids is 1. The molecule has 0 radical (unpaired) electrons. The zero-order valence-corrected chi connectivity index (χ0v) is 10.1.